The van der Waals surface area contributed by atoms with E-state index in [1.165, 1.54) is 13.1 Å². The van der Waals surface area contributed by atoms with Crippen LogP contribution in [0, 0.1) is 5.92 Å². The summed E-state index contributed by atoms with van der Waals surface area (Å²) in [5.41, 5.74) is 3.76. The summed E-state index contributed by atoms with van der Waals surface area (Å²) in [6.07, 6.45) is 1.50. The molecule has 0 saturated heterocycles. The highest BCUT2D eigenvalue weighted by Gasteiger charge is 2.21. The summed E-state index contributed by atoms with van der Waals surface area (Å²) in [5, 5.41) is 6.62. The Bertz CT molecular complexity index is 856. The van der Waals surface area contributed by atoms with Gasteiger partial charge in [0.15, 0.2) is 0 Å². The Morgan fingerprint density at radius 2 is 1.89 bits per heavy atom. The van der Waals surface area contributed by atoms with E-state index in [4.69, 9.17) is 4.74 Å². The Labute approximate surface area is 174 Å². The molecule has 0 aliphatic carbocycles. The summed E-state index contributed by atoms with van der Waals surface area (Å²) in [6.45, 7) is 4.00. The van der Waals surface area contributed by atoms with E-state index in [9.17, 15) is 9.59 Å². The summed E-state index contributed by atoms with van der Waals surface area (Å²) in [6, 6.07) is 12.6. The average Bonchev–Trinajstić information content (AvgIpc) is 2.65. The number of anilines is 1. The van der Waals surface area contributed by atoms with E-state index >= 15 is 0 Å². The molecule has 0 heterocycles. The number of hydrogen-bond donors (Lipinski definition) is 2. The molecule has 2 amide bonds. The molecule has 0 bridgehead atoms. The molecule has 142 valence electrons. The molecule has 2 rings (SSSR count). The van der Waals surface area contributed by atoms with Crippen molar-refractivity contribution < 1.29 is 14.3 Å². The van der Waals surface area contributed by atoms with E-state index in [1.54, 1.807) is 18.2 Å². The van der Waals surface area contributed by atoms with E-state index in [-0.39, 0.29) is 0 Å². The highest BCUT2D eigenvalue weighted by Crippen LogP contribution is 2.25. The number of carbonyl (C=O) groups excluding carboxylic acids is 2. The summed E-state index contributed by atoms with van der Waals surface area (Å²) in [4.78, 5) is 24.3. The number of amides is 2. The molecule has 6 nitrogen and oxygen atoms in total. The third-order valence-electron chi connectivity index (χ3n) is 3.56. The van der Waals surface area contributed by atoms with Gasteiger partial charge in [0.2, 0.25) is 5.91 Å². The van der Waals surface area contributed by atoms with Crippen LogP contribution in [0.25, 0.3) is 0 Å². The van der Waals surface area contributed by atoms with Gasteiger partial charge in [0.25, 0.3) is 5.91 Å². The van der Waals surface area contributed by atoms with Crippen LogP contribution in [0.5, 0.6) is 5.75 Å². The molecule has 2 aromatic rings. The van der Waals surface area contributed by atoms with Crippen molar-refractivity contribution in [1.82, 2.24) is 5.43 Å². The van der Waals surface area contributed by atoms with Crippen molar-refractivity contribution in [3.8, 4) is 5.75 Å². The maximum atomic E-state index is 12.2. The first-order valence-electron chi connectivity index (χ1n) is 8.23. The minimum atomic E-state index is -0.902. The van der Waals surface area contributed by atoms with Crippen LogP contribution in [0.1, 0.15) is 19.4 Å². The Morgan fingerprint density at radius 1 is 1.15 bits per heavy atom. The van der Waals surface area contributed by atoms with Gasteiger partial charge in [-0.15, -0.1) is 0 Å². The fourth-order valence-electron chi connectivity index (χ4n) is 2.06. The zero-order valence-corrected chi connectivity index (χ0v) is 18.0. The second-order valence-corrected chi connectivity index (χ2v) is 7.26. The van der Waals surface area contributed by atoms with Crippen molar-refractivity contribution in [1.29, 1.82) is 0 Å². The second kappa shape index (κ2) is 10.2. The predicted octanol–water partition coefficient (Wildman–Crippen LogP) is 4.34. The van der Waals surface area contributed by atoms with Crippen LogP contribution in [0.2, 0.25) is 0 Å². The normalized spacial score (nSPS) is 11.9. The van der Waals surface area contributed by atoms with Crippen LogP contribution in [0.3, 0.4) is 0 Å². The highest BCUT2D eigenvalue weighted by atomic mass is 79.9. The molecular weight excluding hydrogens is 478 g/mol. The van der Waals surface area contributed by atoms with Crippen molar-refractivity contribution >= 4 is 55.6 Å². The Kier molecular flexibility index (Phi) is 7.99. The standard InChI is InChI=1S/C19H19Br2N3O3/c1-3-27-17-9-8-13(10-15(17)21)11-22-24-19(26)12(2)18(25)23-16-7-5-4-6-14(16)20/h4-12H,3H2,1-2H3,(H,23,25)(H,24,26). The third kappa shape index (κ3) is 6.18. The fraction of sp³-hybridized carbons (Fsp3) is 0.211. The predicted molar refractivity (Wildman–Crippen MR) is 113 cm³/mol. The summed E-state index contributed by atoms with van der Waals surface area (Å²) in [7, 11) is 0. The lowest BCUT2D eigenvalue weighted by molar-refractivity contribution is -0.131. The number of halogens is 2. The van der Waals surface area contributed by atoms with Crippen LogP contribution >= 0.6 is 31.9 Å². The molecule has 0 aliphatic heterocycles. The number of rotatable bonds is 7. The monoisotopic (exact) mass is 495 g/mol. The number of benzene rings is 2. The minimum Gasteiger partial charge on any atom is -0.493 e. The average molecular weight is 497 g/mol. The zero-order chi connectivity index (χ0) is 19.8. The molecule has 27 heavy (non-hydrogen) atoms. The highest BCUT2D eigenvalue weighted by molar-refractivity contribution is 9.11. The maximum Gasteiger partial charge on any atom is 0.252 e. The second-order valence-electron chi connectivity index (χ2n) is 5.55. The number of carbonyl (C=O) groups is 2. The first kappa shape index (κ1) is 21.1. The molecule has 0 saturated carbocycles. The lowest BCUT2D eigenvalue weighted by Gasteiger charge is -2.11. The lowest BCUT2D eigenvalue weighted by atomic mass is 10.1. The SMILES string of the molecule is CCOc1ccc(C=NNC(=O)C(C)C(=O)Nc2ccccc2Br)cc1Br. The van der Waals surface area contributed by atoms with Gasteiger partial charge >= 0.3 is 0 Å². The zero-order valence-electron chi connectivity index (χ0n) is 14.8. The quantitative estimate of drug-likeness (QED) is 0.340. The van der Waals surface area contributed by atoms with Crippen LogP contribution in [0.4, 0.5) is 5.69 Å². The first-order valence-corrected chi connectivity index (χ1v) is 9.81. The van der Waals surface area contributed by atoms with Crippen molar-refractivity contribution in [3.63, 3.8) is 0 Å². The molecule has 0 spiro atoms. The molecule has 0 fully saturated rings. The van der Waals surface area contributed by atoms with Crippen LogP contribution in [-0.2, 0) is 9.59 Å². The topological polar surface area (TPSA) is 79.8 Å². The lowest BCUT2D eigenvalue weighted by Crippen LogP contribution is -2.34. The van der Waals surface area contributed by atoms with E-state index in [0.29, 0.717) is 12.3 Å². The van der Waals surface area contributed by atoms with Gasteiger partial charge in [-0.3, -0.25) is 9.59 Å². The van der Waals surface area contributed by atoms with Gasteiger partial charge in [-0.05, 0) is 81.6 Å². The third-order valence-corrected chi connectivity index (χ3v) is 4.87. The van der Waals surface area contributed by atoms with Gasteiger partial charge in [0.05, 0.1) is 23.0 Å². The minimum absolute atomic E-state index is 0.418. The summed E-state index contributed by atoms with van der Waals surface area (Å²) >= 11 is 6.77. The summed E-state index contributed by atoms with van der Waals surface area (Å²) in [5.74, 6) is -1.09. The molecule has 0 radical (unpaired) electrons. The maximum absolute atomic E-state index is 12.2. The molecular formula is C19H19Br2N3O3. The van der Waals surface area contributed by atoms with E-state index in [0.717, 1.165) is 20.3 Å². The fourth-order valence-corrected chi connectivity index (χ4v) is 2.95. The van der Waals surface area contributed by atoms with Gasteiger partial charge in [-0.1, -0.05) is 12.1 Å². The first-order chi connectivity index (χ1) is 12.9. The molecule has 2 aromatic carbocycles. The number of para-hydroxylation sites is 1. The molecule has 0 aliphatic rings. The molecule has 0 aromatic heterocycles. The molecule has 1 unspecified atom stereocenters. The number of nitrogens with one attached hydrogen (secondary N) is 2. The largest absolute Gasteiger partial charge is 0.493 e. The van der Waals surface area contributed by atoms with E-state index in [1.807, 2.05) is 31.2 Å². The summed E-state index contributed by atoms with van der Waals surface area (Å²) < 4.78 is 6.97. The van der Waals surface area contributed by atoms with Gasteiger partial charge in [0, 0.05) is 4.47 Å². The van der Waals surface area contributed by atoms with Crippen LogP contribution in [0.15, 0.2) is 56.5 Å². The number of hydrogen-bond acceptors (Lipinski definition) is 4. The van der Waals surface area contributed by atoms with Crippen LogP contribution in [-0.4, -0.2) is 24.6 Å². The van der Waals surface area contributed by atoms with Crippen molar-refractivity contribution in [2.24, 2.45) is 11.0 Å². The van der Waals surface area contributed by atoms with Gasteiger partial charge in [-0.25, -0.2) is 5.43 Å². The number of hydrazone groups is 1. The smallest absolute Gasteiger partial charge is 0.252 e. The Morgan fingerprint density at radius 3 is 2.56 bits per heavy atom. The molecule has 8 heteroatoms. The van der Waals surface area contributed by atoms with Gasteiger partial charge in [0.1, 0.15) is 11.7 Å². The molecule has 1 atom stereocenters. The Balaban J connectivity index is 1.92. The number of nitrogens with zero attached hydrogens (tertiary/aromatic N) is 1. The van der Waals surface area contributed by atoms with Crippen LogP contribution < -0.4 is 15.5 Å². The molecule has 2 N–H and O–H groups in total. The van der Waals surface area contributed by atoms with E-state index in [2.05, 4.69) is 47.7 Å². The van der Waals surface area contributed by atoms with Gasteiger partial charge < -0.3 is 10.1 Å². The number of ether oxygens (including phenoxy) is 1. The van der Waals surface area contributed by atoms with E-state index < -0.39 is 17.7 Å². The van der Waals surface area contributed by atoms with Crippen molar-refractivity contribution in [3.05, 3.63) is 57.0 Å². The Hall–Kier alpha value is -2.19. The van der Waals surface area contributed by atoms with Gasteiger partial charge in [-0.2, -0.15) is 5.10 Å². The van der Waals surface area contributed by atoms with Crippen molar-refractivity contribution in [2.45, 2.75) is 13.8 Å². The van der Waals surface area contributed by atoms with Crippen molar-refractivity contribution in [2.75, 3.05) is 11.9 Å².